The van der Waals surface area contributed by atoms with E-state index >= 15 is 0 Å². The molecule has 1 aromatic carbocycles. The summed E-state index contributed by atoms with van der Waals surface area (Å²) in [5, 5.41) is 12.2. The lowest BCUT2D eigenvalue weighted by atomic mass is 10.0. The molecule has 1 aliphatic rings. The molecule has 94 valence electrons. The van der Waals surface area contributed by atoms with E-state index in [-0.39, 0.29) is 5.54 Å². The smallest absolute Gasteiger partial charge is 0.182 e. The first-order valence-electron chi connectivity index (χ1n) is 6.34. The van der Waals surface area contributed by atoms with E-state index in [2.05, 4.69) is 22.4 Å². The van der Waals surface area contributed by atoms with Crippen molar-refractivity contribution in [2.75, 3.05) is 5.73 Å². The van der Waals surface area contributed by atoms with Gasteiger partial charge in [0.1, 0.15) is 0 Å². The highest BCUT2D eigenvalue weighted by Gasteiger charge is 2.34. The second kappa shape index (κ2) is 4.08. The molecule has 0 spiro atoms. The number of hydrogen-bond acceptors (Lipinski definition) is 4. The number of tetrazole rings is 1. The number of benzene rings is 1. The summed E-state index contributed by atoms with van der Waals surface area (Å²) in [6.07, 6.45) is 4.77. The Labute approximate surface area is 106 Å². The Morgan fingerprint density at radius 3 is 2.50 bits per heavy atom. The summed E-state index contributed by atoms with van der Waals surface area (Å²) in [7, 11) is 0. The normalized spacial score (nSPS) is 18.1. The van der Waals surface area contributed by atoms with Gasteiger partial charge in [-0.2, -0.15) is 0 Å². The minimum absolute atomic E-state index is 0.0558. The van der Waals surface area contributed by atoms with Gasteiger partial charge in [-0.3, -0.25) is 0 Å². The third-order valence-corrected chi connectivity index (χ3v) is 3.83. The van der Waals surface area contributed by atoms with Crippen LogP contribution in [0.1, 0.15) is 32.6 Å². The molecule has 2 aromatic rings. The molecule has 2 N–H and O–H groups in total. The topological polar surface area (TPSA) is 69.6 Å². The van der Waals surface area contributed by atoms with Gasteiger partial charge in [0.05, 0.1) is 5.54 Å². The summed E-state index contributed by atoms with van der Waals surface area (Å²) in [6, 6.07) is 7.70. The number of anilines is 1. The van der Waals surface area contributed by atoms with Crippen molar-refractivity contribution in [1.82, 2.24) is 20.2 Å². The van der Waals surface area contributed by atoms with Crippen molar-refractivity contribution in [3.05, 3.63) is 24.3 Å². The molecule has 0 atom stereocenters. The van der Waals surface area contributed by atoms with Crippen molar-refractivity contribution in [1.29, 1.82) is 0 Å². The summed E-state index contributed by atoms with van der Waals surface area (Å²) < 4.78 is 1.98. The fraction of sp³-hybridized carbons (Fsp3) is 0.462. The lowest BCUT2D eigenvalue weighted by Gasteiger charge is -2.24. The zero-order chi connectivity index (χ0) is 12.6. The molecule has 5 heteroatoms. The average Bonchev–Trinajstić information content (AvgIpc) is 2.99. The number of aromatic nitrogens is 4. The summed E-state index contributed by atoms with van der Waals surface area (Å²) in [6.45, 7) is 2.23. The zero-order valence-electron chi connectivity index (χ0n) is 10.5. The Morgan fingerprint density at radius 1 is 1.17 bits per heavy atom. The van der Waals surface area contributed by atoms with E-state index in [4.69, 9.17) is 5.73 Å². The van der Waals surface area contributed by atoms with Gasteiger partial charge >= 0.3 is 0 Å². The van der Waals surface area contributed by atoms with Crippen LogP contribution in [0.4, 0.5) is 5.69 Å². The Morgan fingerprint density at radius 2 is 1.83 bits per heavy atom. The second-order valence-corrected chi connectivity index (χ2v) is 5.24. The van der Waals surface area contributed by atoms with Gasteiger partial charge in [-0.15, -0.1) is 5.10 Å². The van der Waals surface area contributed by atoms with Crippen LogP contribution in [0.25, 0.3) is 11.4 Å². The maximum atomic E-state index is 5.71. The fourth-order valence-corrected chi connectivity index (χ4v) is 2.71. The van der Waals surface area contributed by atoms with Gasteiger partial charge in [0.15, 0.2) is 5.82 Å². The first-order chi connectivity index (χ1) is 8.69. The Hall–Kier alpha value is -1.91. The third-order valence-electron chi connectivity index (χ3n) is 3.83. The molecular weight excluding hydrogens is 226 g/mol. The highest BCUT2D eigenvalue weighted by atomic mass is 15.6. The lowest BCUT2D eigenvalue weighted by Crippen LogP contribution is -2.28. The van der Waals surface area contributed by atoms with E-state index in [9.17, 15) is 0 Å². The van der Waals surface area contributed by atoms with Crippen LogP contribution >= 0.6 is 0 Å². The van der Waals surface area contributed by atoms with Crippen LogP contribution in [0.5, 0.6) is 0 Å². The Bertz CT molecular complexity index is 537. The summed E-state index contributed by atoms with van der Waals surface area (Å²) >= 11 is 0. The van der Waals surface area contributed by atoms with Crippen molar-refractivity contribution in [3.63, 3.8) is 0 Å². The minimum atomic E-state index is 0.0558. The molecular formula is C13H17N5. The van der Waals surface area contributed by atoms with E-state index in [1.54, 1.807) is 0 Å². The highest BCUT2D eigenvalue weighted by molar-refractivity contribution is 5.58. The van der Waals surface area contributed by atoms with E-state index in [1.807, 2.05) is 28.9 Å². The molecule has 1 aliphatic carbocycles. The van der Waals surface area contributed by atoms with Gasteiger partial charge in [-0.25, -0.2) is 4.68 Å². The molecule has 5 nitrogen and oxygen atoms in total. The van der Waals surface area contributed by atoms with Crippen molar-refractivity contribution in [2.45, 2.75) is 38.1 Å². The van der Waals surface area contributed by atoms with Gasteiger partial charge in [-0.05, 0) is 54.5 Å². The first-order valence-corrected chi connectivity index (χ1v) is 6.34. The number of nitrogens with zero attached hydrogens (tertiary/aromatic N) is 4. The average molecular weight is 243 g/mol. The molecule has 18 heavy (non-hydrogen) atoms. The molecule has 0 aliphatic heterocycles. The molecule has 1 heterocycles. The van der Waals surface area contributed by atoms with Crippen LogP contribution in [-0.4, -0.2) is 20.2 Å². The molecule has 3 rings (SSSR count). The van der Waals surface area contributed by atoms with Crippen molar-refractivity contribution in [2.24, 2.45) is 0 Å². The molecule has 1 fully saturated rings. The number of rotatable bonds is 2. The van der Waals surface area contributed by atoms with Crippen molar-refractivity contribution in [3.8, 4) is 11.4 Å². The molecule has 0 unspecified atom stereocenters. The highest BCUT2D eigenvalue weighted by Crippen LogP contribution is 2.37. The number of nitrogens with two attached hydrogens (primary N) is 1. The van der Waals surface area contributed by atoms with Gasteiger partial charge in [0, 0.05) is 11.3 Å². The van der Waals surface area contributed by atoms with Crippen LogP contribution in [-0.2, 0) is 5.54 Å². The molecule has 0 saturated heterocycles. The van der Waals surface area contributed by atoms with E-state index < -0.39 is 0 Å². The molecule has 0 amide bonds. The van der Waals surface area contributed by atoms with Crippen LogP contribution < -0.4 is 5.73 Å². The third kappa shape index (κ3) is 1.75. The maximum absolute atomic E-state index is 5.71. The molecule has 0 bridgehead atoms. The van der Waals surface area contributed by atoms with E-state index in [0.29, 0.717) is 0 Å². The quantitative estimate of drug-likeness (QED) is 0.821. The van der Waals surface area contributed by atoms with E-state index in [1.165, 1.54) is 12.8 Å². The Balaban J connectivity index is 2.03. The molecule has 0 radical (unpaired) electrons. The van der Waals surface area contributed by atoms with Crippen molar-refractivity contribution < 1.29 is 0 Å². The molecule has 1 saturated carbocycles. The lowest BCUT2D eigenvalue weighted by molar-refractivity contribution is 0.293. The van der Waals surface area contributed by atoms with Crippen LogP contribution in [0.2, 0.25) is 0 Å². The fourth-order valence-electron chi connectivity index (χ4n) is 2.71. The Kier molecular flexibility index (Phi) is 2.54. The SMILES string of the molecule is CC1(n2nnnc2-c2ccc(N)cc2)CCCC1. The summed E-state index contributed by atoms with van der Waals surface area (Å²) in [4.78, 5) is 0. The second-order valence-electron chi connectivity index (χ2n) is 5.24. The monoisotopic (exact) mass is 243 g/mol. The number of hydrogen-bond donors (Lipinski definition) is 1. The maximum Gasteiger partial charge on any atom is 0.182 e. The van der Waals surface area contributed by atoms with Crippen LogP contribution in [0.15, 0.2) is 24.3 Å². The number of nitrogen functional groups attached to an aromatic ring is 1. The predicted molar refractivity (Wildman–Crippen MR) is 69.8 cm³/mol. The van der Waals surface area contributed by atoms with Gasteiger partial charge in [-0.1, -0.05) is 12.8 Å². The largest absolute Gasteiger partial charge is 0.399 e. The van der Waals surface area contributed by atoms with E-state index in [0.717, 1.165) is 29.9 Å². The summed E-state index contributed by atoms with van der Waals surface area (Å²) in [5.74, 6) is 0.833. The van der Waals surface area contributed by atoms with Crippen LogP contribution in [0.3, 0.4) is 0 Å². The predicted octanol–water partition coefficient (Wildman–Crippen LogP) is 2.21. The van der Waals surface area contributed by atoms with Gasteiger partial charge in [0.2, 0.25) is 0 Å². The van der Waals surface area contributed by atoms with Gasteiger partial charge < -0.3 is 5.73 Å². The van der Waals surface area contributed by atoms with Crippen LogP contribution in [0, 0.1) is 0 Å². The van der Waals surface area contributed by atoms with Gasteiger partial charge in [0.25, 0.3) is 0 Å². The standard InChI is InChI=1S/C13H17N5/c1-13(8-2-3-9-13)18-12(15-16-17-18)10-4-6-11(14)7-5-10/h4-7H,2-3,8-9,14H2,1H3. The van der Waals surface area contributed by atoms with Crippen molar-refractivity contribution >= 4 is 5.69 Å². The minimum Gasteiger partial charge on any atom is -0.399 e. The molecule has 1 aromatic heterocycles. The summed E-state index contributed by atoms with van der Waals surface area (Å²) in [5.41, 5.74) is 7.53. The first kappa shape index (κ1) is 11.2. The zero-order valence-corrected chi connectivity index (χ0v) is 10.5.